The predicted octanol–water partition coefficient (Wildman–Crippen LogP) is 4.74. The number of rotatable bonds is 5. The van der Waals surface area contributed by atoms with E-state index in [1.165, 1.54) is 12.1 Å². The Morgan fingerprint density at radius 1 is 1.20 bits per heavy atom. The quantitative estimate of drug-likeness (QED) is 0.377. The number of para-hydroxylation sites is 1. The summed E-state index contributed by atoms with van der Waals surface area (Å²) >= 11 is 5.83. The highest BCUT2D eigenvalue weighted by Crippen LogP contribution is 2.25. The van der Waals surface area contributed by atoms with E-state index in [4.69, 9.17) is 20.8 Å². The van der Waals surface area contributed by atoms with Crippen molar-refractivity contribution >= 4 is 34.4 Å². The maximum atomic E-state index is 12.4. The molecule has 0 saturated heterocycles. The summed E-state index contributed by atoms with van der Waals surface area (Å²) in [7, 11) is 0. The zero-order valence-electron chi connectivity index (χ0n) is 13.5. The minimum Gasteiger partial charge on any atom is -0.490 e. The molecular formula is C20H15ClO4. The van der Waals surface area contributed by atoms with Crippen molar-refractivity contribution in [2.24, 2.45) is 0 Å². The van der Waals surface area contributed by atoms with Gasteiger partial charge in [-0.25, -0.2) is 4.79 Å². The van der Waals surface area contributed by atoms with Gasteiger partial charge in [0.05, 0.1) is 6.61 Å². The normalized spacial score (nSPS) is 11.1. The first-order chi connectivity index (χ1) is 12.1. The summed E-state index contributed by atoms with van der Waals surface area (Å²) in [6.45, 7) is 2.30. The SMILES string of the molecule is CCOc1cccc2cc(C(=O)C=Cc3ccc(Cl)cc3)c(=O)oc12. The van der Waals surface area contributed by atoms with Gasteiger partial charge in [0, 0.05) is 10.4 Å². The van der Waals surface area contributed by atoms with Gasteiger partial charge < -0.3 is 9.15 Å². The number of hydrogen-bond acceptors (Lipinski definition) is 4. The highest BCUT2D eigenvalue weighted by Gasteiger charge is 2.13. The average Bonchev–Trinajstić information content (AvgIpc) is 2.61. The molecule has 1 aromatic heterocycles. The molecule has 2 aromatic carbocycles. The van der Waals surface area contributed by atoms with Crippen LogP contribution in [0, 0.1) is 0 Å². The van der Waals surface area contributed by atoms with Crippen LogP contribution < -0.4 is 10.4 Å². The van der Waals surface area contributed by atoms with Crippen molar-refractivity contribution in [2.75, 3.05) is 6.61 Å². The van der Waals surface area contributed by atoms with Gasteiger partial charge in [-0.3, -0.25) is 4.79 Å². The number of allylic oxidation sites excluding steroid dienone is 1. The Labute approximate surface area is 149 Å². The number of ether oxygens (including phenoxy) is 1. The van der Waals surface area contributed by atoms with Crippen LogP contribution in [-0.2, 0) is 0 Å². The molecule has 0 aliphatic heterocycles. The number of carbonyl (C=O) groups is 1. The molecule has 0 fully saturated rings. The molecule has 25 heavy (non-hydrogen) atoms. The van der Waals surface area contributed by atoms with Gasteiger partial charge in [-0.05, 0) is 42.8 Å². The molecule has 4 nitrogen and oxygen atoms in total. The van der Waals surface area contributed by atoms with Crippen molar-refractivity contribution in [3.8, 4) is 5.75 Å². The molecule has 0 N–H and O–H groups in total. The van der Waals surface area contributed by atoms with E-state index in [-0.39, 0.29) is 5.56 Å². The summed E-state index contributed by atoms with van der Waals surface area (Å²) in [5, 5.41) is 1.25. The van der Waals surface area contributed by atoms with Gasteiger partial charge >= 0.3 is 5.63 Å². The van der Waals surface area contributed by atoms with Crippen LogP contribution in [0.1, 0.15) is 22.8 Å². The molecule has 0 aliphatic carbocycles. The third-order valence-corrected chi connectivity index (χ3v) is 3.84. The summed E-state index contributed by atoms with van der Waals surface area (Å²) in [6.07, 6.45) is 2.96. The number of fused-ring (bicyclic) bond motifs is 1. The smallest absolute Gasteiger partial charge is 0.347 e. The lowest BCUT2D eigenvalue weighted by atomic mass is 10.1. The number of hydrogen-bond donors (Lipinski definition) is 0. The number of benzene rings is 2. The average molecular weight is 355 g/mol. The number of ketones is 1. The molecule has 0 unspecified atom stereocenters. The van der Waals surface area contributed by atoms with Gasteiger partial charge in [-0.2, -0.15) is 0 Å². The zero-order valence-corrected chi connectivity index (χ0v) is 14.2. The van der Waals surface area contributed by atoms with E-state index in [9.17, 15) is 9.59 Å². The lowest BCUT2D eigenvalue weighted by Gasteiger charge is -2.06. The van der Waals surface area contributed by atoms with Crippen LogP contribution in [0.25, 0.3) is 17.0 Å². The molecule has 0 bridgehead atoms. The lowest BCUT2D eigenvalue weighted by Crippen LogP contribution is -2.12. The Morgan fingerprint density at radius 2 is 1.96 bits per heavy atom. The summed E-state index contributed by atoms with van der Waals surface area (Å²) in [4.78, 5) is 24.5. The molecule has 0 aliphatic rings. The largest absolute Gasteiger partial charge is 0.490 e. The summed E-state index contributed by atoms with van der Waals surface area (Å²) < 4.78 is 10.8. The second-order valence-corrected chi connectivity index (χ2v) is 5.74. The Kier molecular flexibility index (Phi) is 5.00. The minimum atomic E-state index is -0.689. The third kappa shape index (κ3) is 3.80. The monoisotopic (exact) mass is 354 g/mol. The molecule has 5 heteroatoms. The third-order valence-electron chi connectivity index (χ3n) is 3.59. The minimum absolute atomic E-state index is 0.0219. The topological polar surface area (TPSA) is 56.5 Å². The van der Waals surface area contributed by atoms with Crippen LogP contribution in [0.2, 0.25) is 5.02 Å². The van der Waals surface area contributed by atoms with Crippen molar-refractivity contribution < 1.29 is 13.9 Å². The fraction of sp³-hybridized carbons (Fsp3) is 0.100. The van der Waals surface area contributed by atoms with Crippen LogP contribution in [-0.4, -0.2) is 12.4 Å². The summed E-state index contributed by atoms with van der Waals surface area (Å²) in [6, 6.07) is 13.8. The first-order valence-corrected chi connectivity index (χ1v) is 8.14. The van der Waals surface area contributed by atoms with Crippen molar-refractivity contribution in [3.63, 3.8) is 0 Å². The van der Waals surface area contributed by atoms with Crippen LogP contribution in [0.4, 0.5) is 0 Å². The maximum absolute atomic E-state index is 12.4. The number of halogens is 1. The Bertz CT molecular complexity index is 1000. The maximum Gasteiger partial charge on any atom is 0.347 e. The zero-order chi connectivity index (χ0) is 17.8. The van der Waals surface area contributed by atoms with E-state index in [0.717, 1.165) is 5.56 Å². The summed E-state index contributed by atoms with van der Waals surface area (Å²) in [5.41, 5.74) is 0.436. The fourth-order valence-corrected chi connectivity index (χ4v) is 2.52. The predicted molar refractivity (Wildman–Crippen MR) is 98.5 cm³/mol. The molecule has 0 atom stereocenters. The van der Waals surface area contributed by atoms with Crippen LogP contribution >= 0.6 is 11.6 Å². The molecule has 1 heterocycles. The fourth-order valence-electron chi connectivity index (χ4n) is 2.39. The van der Waals surface area contributed by atoms with Crippen molar-refractivity contribution in [2.45, 2.75) is 6.92 Å². The molecule has 0 amide bonds. The van der Waals surface area contributed by atoms with Crippen molar-refractivity contribution in [1.82, 2.24) is 0 Å². The molecule has 0 spiro atoms. The van der Waals surface area contributed by atoms with E-state index in [2.05, 4.69) is 0 Å². The molecule has 3 rings (SSSR count). The highest BCUT2D eigenvalue weighted by atomic mass is 35.5. The second-order valence-electron chi connectivity index (χ2n) is 5.30. The molecule has 0 saturated carbocycles. The van der Waals surface area contributed by atoms with E-state index in [1.54, 1.807) is 48.5 Å². The van der Waals surface area contributed by atoms with Gasteiger partial charge in [-0.1, -0.05) is 41.9 Å². The van der Waals surface area contributed by atoms with Crippen molar-refractivity contribution in [3.05, 3.63) is 81.2 Å². The first kappa shape index (κ1) is 17.0. The Hall–Kier alpha value is -2.85. The van der Waals surface area contributed by atoms with Crippen LogP contribution in [0.3, 0.4) is 0 Å². The van der Waals surface area contributed by atoms with Crippen LogP contribution in [0.15, 0.2) is 63.8 Å². The molecule has 0 radical (unpaired) electrons. The Balaban J connectivity index is 1.95. The summed E-state index contributed by atoms with van der Waals surface area (Å²) in [5.74, 6) is 0.0558. The van der Waals surface area contributed by atoms with Gasteiger partial charge in [0.15, 0.2) is 17.1 Å². The van der Waals surface area contributed by atoms with E-state index < -0.39 is 11.4 Å². The van der Waals surface area contributed by atoms with Gasteiger partial charge in [-0.15, -0.1) is 0 Å². The van der Waals surface area contributed by atoms with Gasteiger partial charge in [0.2, 0.25) is 0 Å². The van der Waals surface area contributed by atoms with Crippen molar-refractivity contribution in [1.29, 1.82) is 0 Å². The highest BCUT2D eigenvalue weighted by molar-refractivity contribution is 6.30. The van der Waals surface area contributed by atoms with E-state index in [1.807, 2.05) is 6.92 Å². The molecule has 126 valence electrons. The van der Waals surface area contributed by atoms with Gasteiger partial charge in [0.1, 0.15) is 5.56 Å². The molecule has 3 aromatic rings. The Morgan fingerprint density at radius 3 is 2.68 bits per heavy atom. The first-order valence-electron chi connectivity index (χ1n) is 7.76. The van der Waals surface area contributed by atoms with Crippen LogP contribution in [0.5, 0.6) is 5.75 Å². The standard InChI is InChI=1S/C20H15ClO4/c1-2-24-18-5-3-4-14-12-16(20(23)25-19(14)18)17(22)11-8-13-6-9-15(21)10-7-13/h3-12H,2H2,1H3. The van der Waals surface area contributed by atoms with E-state index in [0.29, 0.717) is 28.3 Å². The number of carbonyl (C=O) groups excluding carboxylic acids is 1. The lowest BCUT2D eigenvalue weighted by molar-refractivity contribution is 0.104. The second kappa shape index (κ2) is 7.36. The molecular weight excluding hydrogens is 340 g/mol. The van der Waals surface area contributed by atoms with Gasteiger partial charge in [0.25, 0.3) is 0 Å². The van der Waals surface area contributed by atoms with E-state index >= 15 is 0 Å².